The van der Waals surface area contributed by atoms with Gasteiger partial charge in [0.2, 0.25) is 10.0 Å². The van der Waals surface area contributed by atoms with Crippen LogP contribution in [-0.4, -0.2) is 48.4 Å². The largest absolute Gasteiger partial charge is 0.349 e. The normalized spacial score (nSPS) is 17.7. The Kier molecular flexibility index (Phi) is 6.35. The van der Waals surface area contributed by atoms with Crippen molar-refractivity contribution in [2.75, 3.05) is 18.8 Å². The predicted molar refractivity (Wildman–Crippen MR) is 98.5 cm³/mol. The van der Waals surface area contributed by atoms with Gasteiger partial charge in [-0.1, -0.05) is 6.07 Å². The lowest BCUT2D eigenvalue weighted by molar-refractivity contribution is -0.384. The van der Waals surface area contributed by atoms with Crippen molar-refractivity contribution in [2.45, 2.75) is 39.7 Å². The number of carbonyl (C=O) groups is 1. The average molecular weight is 383 g/mol. The number of sulfonamides is 1. The van der Waals surface area contributed by atoms with E-state index >= 15 is 0 Å². The molecule has 1 aliphatic heterocycles. The Balaban J connectivity index is 2.00. The first-order valence-electron chi connectivity index (χ1n) is 8.69. The molecule has 9 heteroatoms. The number of nitro benzene ring substituents is 1. The SMILES string of the molecule is CCS(=O)(=O)N1CCC(C(C)NC(=O)c2cc([N+](=O)[O-])ccc2C)CC1. The Morgan fingerprint density at radius 3 is 2.54 bits per heavy atom. The van der Waals surface area contributed by atoms with Crippen molar-refractivity contribution in [2.24, 2.45) is 5.92 Å². The van der Waals surface area contributed by atoms with Crippen LogP contribution in [0.1, 0.15) is 42.6 Å². The summed E-state index contributed by atoms with van der Waals surface area (Å²) in [6.07, 6.45) is 1.35. The molecule has 0 spiro atoms. The number of carbonyl (C=O) groups excluding carboxylic acids is 1. The topological polar surface area (TPSA) is 110 Å². The Hall–Kier alpha value is -2.00. The highest BCUT2D eigenvalue weighted by atomic mass is 32.2. The number of nitrogens with zero attached hydrogens (tertiary/aromatic N) is 2. The van der Waals surface area contributed by atoms with E-state index in [0.717, 1.165) is 0 Å². The maximum absolute atomic E-state index is 12.5. The van der Waals surface area contributed by atoms with E-state index in [9.17, 15) is 23.3 Å². The summed E-state index contributed by atoms with van der Waals surface area (Å²) in [5, 5.41) is 13.8. The first kappa shape index (κ1) is 20.3. The molecule has 1 saturated heterocycles. The Morgan fingerprint density at radius 2 is 2.00 bits per heavy atom. The second-order valence-electron chi connectivity index (χ2n) is 6.66. The van der Waals surface area contributed by atoms with Gasteiger partial charge in [0.05, 0.1) is 10.7 Å². The van der Waals surface area contributed by atoms with E-state index < -0.39 is 14.9 Å². The number of piperidine rings is 1. The van der Waals surface area contributed by atoms with E-state index in [1.807, 2.05) is 6.92 Å². The first-order chi connectivity index (χ1) is 12.2. The number of amides is 1. The molecular formula is C17H25N3O5S. The van der Waals surface area contributed by atoms with Gasteiger partial charge in [-0.05, 0) is 45.1 Å². The molecule has 1 unspecified atom stereocenters. The first-order valence-corrected chi connectivity index (χ1v) is 10.3. The number of non-ortho nitro benzene ring substituents is 1. The number of rotatable bonds is 6. The Labute approximate surface area is 153 Å². The van der Waals surface area contributed by atoms with Gasteiger partial charge in [-0.25, -0.2) is 12.7 Å². The van der Waals surface area contributed by atoms with Gasteiger partial charge in [0.25, 0.3) is 11.6 Å². The van der Waals surface area contributed by atoms with Crippen LogP contribution in [0.2, 0.25) is 0 Å². The lowest BCUT2D eigenvalue weighted by Crippen LogP contribution is -2.45. The summed E-state index contributed by atoms with van der Waals surface area (Å²) in [6, 6.07) is 4.08. The third-order valence-corrected chi connectivity index (χ3v) is 6.88. The molecule has 26 heavy (non-hydrogen) atoms. The minimum absolute atomic E-state index is 0.0933. The predicted octanol–water partition coefficient (Wildman–Crippen LogP) is 2.08. The molecule has 1 fully saturated rings. The van der Waals surface area contributed by atoms with Gasteiger partial charge in [-0.3, -0.25) is 14.9 Å². The molecule has 1 heterocycles. The zero-order valence-corrected chi connectivity index (χ0v) is 16.1. The fourth-order valence-corrected chi connectivity index (χ4v) is 4.34. The van der Waals surface area contributed by atoms with Gasteiger partial charge in [-0.2, -0.15) is 0 Å². The van der Waals surface area contributed by atoms with Crippen molar-refractivity contribution < 1.29 is 18.1 Å². The van der Waals surface area contributed by atoms with E-state index in [0.29, 0.717) is 31.5 Å². The maximum atomic E-state index is 12.5. The summed E-state index contributed by atoms with van der Waals surface area (Å²) in [7, 11) is -3.17. The molecule has 2 rings (SSSR count). The third-order valence-electron chi connectivity index (χ3n) is 5.00. The van der Waals surface area contributed by atoms with Crippen molar-refractivity contribution in [3.8, 4) is 0 Å². The quantitative estimate of drug-likeness (QED) is 0.597. The van der Waals surface area contributed by atoms with Crippen LogP contribution < -0.4 is 5.32 Å². The van der Waals surface area contributed by atoms with Crippen molar-refractivity contribution in [3.05, 3.63) is 39.4 Å². The molecule has 1 aromatic carbocycles. The number of nitrogens with one attached hydrogen (secondary N) is 1. The molecule has 0 bridgehead atoms. The van der Waals surface area contributed by atoms with Crippen molar-refractivity contribution in [1.29, 1.82) is 0 Å². The van der Waals surface area contributed by atoms with Gasteiger partial charge in [0.15, 0.2) is 0 Å². The van der Waals surface area contributed by atoms with E-state index in [-0.39, 0.29) is 34.9 Å². The lowest BCUT2D eigenvalue weighted by atomic mass is 9.91. The van der Waals surface area contributed by atoms with Crippen LogP contribution in [0, 0.1) is 23.0 Å². The van der Waals surface area contributed by atoms with Gasteiger partial charge < -0.3 is 5.32 Å². The number of aryl methyl sites for hydroxylation is 1. The molecular weight excluding hydrogens is 358 g/mol. The molecule has 0 aromatic heterocycles. The van der Waals surface area contributed by atoms with Gasteiger partial charge in [-0.15, -0.1) is 0 Å². The maximum Gasteiger partial charge on any atom is 0.270 e. The highest BCUT2D eigenvalue weighted by Gasteiger charge is 2.30. The summed E-state index contributed by atoms with van der Waals surface area (Å²) >= 11 is 0. The standard InChI is InChI=1S/C17H25N3O5S/c1-4-26(24,25)19-9-7-14(8-10-19)13(3)18-17(21)16-11-15(20(22)23)6-5-12(16)2/h5-6,11,13-14H,4,7-10H2,1-3H3,(H,18,21). The smallest absolute Gasteiger partial charge is 0.270 e. The number of hydrogen-bond acceptors (Lipinski definition) is 5. The second kappa shape index (κ2) is 8.13. The molecule has 0 radical (unpaired) electrons. The lowest BCUT2D eigenvalue weighted by Gasteiger charge is -2.34. The van der Waals surface area contributed by atoms with Gasteiger partial charge in [0.1, 0.15) is 0 Å². The average Bonchev–Trinajstić information content (AvgIpc) is 2.61. The van der Waals surface area contributed by atoms with Crippen LogP contribution in [0.15, 0.2) is 18.2 Å². The summed E-state index contributed by atoms with van der Waals surface area (Å²) in [5.74, 6) is -0.0840. The van der Waals surface area contributed by atoms with Crippen molar-refractivity contribution in [3.63, 3.8) is 0 Å². The van der Waals surface area contributed by atoms with Crippen LogP contribution in [0.5, 0.6) is 0 Å². The summed E-state index contributed by atoms with van der Waals surface area (Å²) in [6.45, 7) is 6.16. The van der Waals surface area contributed by atoms with Gasteiger partial charge >= 0.3 is 0 Å². The minimum Gasteiger partial charge on any atom is -0.349 e. The van der Waals surface area contributed by atoms with E-state index in [4.69, 9.17) is 0 Å². The van der Waals surface area contributed by atoms with Crippen LogP contribution in [0.3, 0.4) is 0 Å². The van der Waals surface area contributed by atoms with Gasteiger partial charge in [0, 0.05) is 36.8 Å². The van der Waals surface area contributed by atoms with Crippen LogP contribution in [0.4, 0.5) is 5.69 Å². The summed E-state index contributed by atoms with van der Waals surface area (Å²) in [4.78, 5) is 22.9. The van der Waals surface area contributed by atoms with Crippen LogP contribution in [0.25, 0.3) is 0 Å². The molecule has 1 aromatic rings. The number of hydrogen-bond donors (Lipinski definition) is 1. The van der Waals surface area contributed by atoms with Crippen molar-refractivity contribution in [1.82, 2.24) is 9.62 Å². The molecule has 8 nitrogen and oxygen atoms in total. The zero-order valence-electron chi connectivity index (χ0n) is 15.3. The Morgan fingerprint density at radius 1 is 1.38 bits per heavy atom. The second-order valence-corrected chi connectivity index (χ2v) is 8.91. The van der Waals surface area contributed by atoms with E-state index in [2.05, 4.69) is 5.32 Å². The molecule has 1 aliphatic rings. The van der Waals surface area contributed by atoms with Crippen molar-refractivity contribution >= 4 is 21.6 Å². The highest BCUT2D eigenvalue weighted by Crippen LogP contribution is 2.24. The van der Waals surface area contributed by atoms with E-state index in [1.54, 1.807) is 19.9 Å². The Bertz CT molecular complexity index is 786. The monoisotopic (exact) mass is 383 g/mol. The molecule has 1 atom stereocenters. The fourth-order valence-electron chi connectivity index (χ4n) is 3.21. The summed E-state index contributed by atoms with van der Waals surface area (Å²) < 4.78 is 25.3. The fraction of sp³-hybridized carbons (Fsp3) is 0.588. The molecule has 0 aliphatic carbocycles. The van der Waals surface area contributed by atoms with Crippen LogP contribution >= 0.6 is 0 Å². The zero-order chi connectivity index (χ0) is 19.5. The minimum atomic E-state index is -3.17. The number of nitro groups is 1. The molecule has 0 saturated carbocycles. The molecule has 144 valence electrons. The molecule has 1 N–H and O–H groups in total. The third kappa shape index (κ3) is 4.59. The van der Waals surface area contributed by atoms with Crippen LogP contribution in [-0.2, 0) is 10.0 Å². The summed E-state index contributed by atoms with van der Waals surface area (Å²) in [5.41, 5.74) is 0.840. The molecule has 1 amide bonds. The number of benzene rings is 1. The highest BCUT2D eigenvalue weighted by molar-refractivity contribution is 7.89. The van der Waals surface area contributed by atoms with E-state index in [1.165, 1.54) is 16.4 Å².